The van der Waals surface area contributed by atoms with Crippen molar-refractivity contribution in [2.75, 3.05) is 14.2 Å². The van der Waals surface area contributed by atoms with Gasteiger partial charge in [0.2, 0.25) is 5.91 Å². The van der Waals surface area contributed by atoms with Gasteiger partial charge in [0.25, 0.3) is 0 Å². The molecule has 3 N–H and O–H groups in total. The molecule has 1 aromatic carbocycles. The van der Waals surface area contributed by atoms with Crippen LogP contribution < -0.4 is 20.5 Å². The van der Waals surface area contributed by atoms with E-state index in [-0.39, 0.29) is 11.9 Å². The van der Waals surface area contributed by atoms with E-state index in [0.29, 0.717) is 24.5 Å². The molecule has 1 rings (SSSR count). The number of amides is 1. The van der Waals surface area contributed by atoms with Gasteiger partial charge >= 0.3 is 0 Å². The Morgan fingerprint density at radius 1 is 1.33 bits per heavy atom. The Hall–Kier alpha value is -1.75. The third kappa shape index (κ3) is 3.63. The standard InChI is InChI=1S/C13H20N2O3/c1-4-10(13(14)16)15-8-9-5-6-11(17-2)12(7-9)18-3/h5-7,10,15H,4,8H2,1-3H3,(H2,14,16). The number of carbonyl (C=O) groups is 1. The molecule has 0 aromatic heterocycles. The van der Waals surface area contributed by atoms with Gasteiger partial charge in [-0.2, -0.15) is 0 Å². The van der Waals surface area contributed by atoms with Crippen LogP contribution in [-0.4, -0.2) is 26.2 Å². The lowest BCUT2D eigenvalue weighted by Crippen LogP contribution is -2.40. The zero-order valence-corrected chi connectivity index (χ0v) is 11.0. The Kier molecular flexibility index (Phi) is 5.45. The Morgan fingerprint density at radius 3 is 2.50 bits per heavy atom. The number of benzene rings is 1. The highest BCUT2D eigenvalue weighted by atomic mass is 16.5. The van der Waals surface area contributed by atoms with Crippen molar-refractivity contribution in [2.24, 2.45) is 5.73 Å². The van der Waals surface area contributed by atoms with E-state index in [1.165, 1.54) is 0 Å². The lowest BCUT2D eigenvalue weighted by molar-refractivity contribution is -0.120. The van der Waals surface area contributed by atoms with Gasteiger partial charge in [0.05, 0.1) is 20.3 Å². The van der Waals surface area contributed by atoms with E-state index in [1.807, 2.05) is 25.1 Å². The van der Waals surface area contributed by atoms with E-state index in [0.717, 1.165) is 5.56 Å². The van der Waals surface area contributed by atoms with Gasteiger partial charge in [0.1, 0.15) is 0 Å². The minimum atomic E-state index is -0.335. The van der Waals surface area contributed by atoms with E-state index in [4.69, 9.17) is 15.2 Å². The van der Waals surface area contributed by atoms with Crippen LogP contribution in [0.25, 0.3) is 0 Å². The first-order chi connectivity index (χ1) is 8.62. The normalized spacial score (nSPS) is 11.9. The van der Waals surface area contributed by atoms with Crippen molar-refractivity contribution in [3.8, 4) is 11.5 Å². The van der Waals surface area contributed by atoms with Crippen LogP contribution in [0.4, 0.5) is 0 Å². The second-order valence-corrected chi connectivity index (χ2v) is 3.93. The monoisotopic (exact) mass is 252 g/mol. The van der Waals surface area contributed by atoms with Gasteiger partial charge in [0.15, 0.2) is 11.5 Å². The third-order valence-corrected chi connectivity index (χ3v) is 2.75. The van der Waals surface area contributed by atoms with Crippen molar-refractivity contribution in [1.82, 2.24) is 5.32 Å². The summed E-state index contributed by atoms with van der Waals surface area (Å²) in [4.78, 5) is 11.1. The smallest absolute Gasteiger partial charge is 0.234 e. The fourth-order valence-electron chi connectivity index (χ4n) is 1.68. The minimum Gasteiger partial charge on any atom is -0.493 e. The fourth-order valence-corrected chi connectivity index (χ4v) is 1.68. The Balaban J connectivity index is 2.70. The molecular weight excluding hydrogens is 232 g/mol. The van der Waals surface area contributed by atoms with Crippen molar-refractivity contribution in [1.29, 1.82) is 0 Å². The van der Waals surface area contributed by atoms with Crippen molar-refractivity contribution < 1.29 is 14.3 Å². The Labute approximate surface area is 107 Å². The van der Waals surface area contributed by atoms with Gasteiger partial charge in [-0.15, -0.1) is 0 Å². The maximum absolute atomic E-state index is 11.1. The average Bonchev–Trinajstić information content (AvgIpc) is 2.38. The molecular formula is C13H20N2O3. The van der Waals surface area contributed by atoms with Crippen molar-refractivity contribution >= 4 is 5.91 Å². The highest BCUT2D eigenvalue weighted by Gasteiger charge is 2.12. The van der Waals surface area contributed by atoms with Crippen LogP contribution in [0.15, 0.2) is 18.2 Å². The third-order valence-electron chi connectivity index (χ3n) is 2.75. The van der Waals surface area contributed by atoms with Crippen LogP contribution in [0.1, 0.15) is 18.9 Å². The van der Waals surface area contributed by atoms with Gasteiger partial charge in [-0.25, -0.2) is 0 Å². The maximum atomic E-state index is 11.1. The summed E-state index contributed by atoms with van der Waals surface area (Å²) in [6.45, 7) is 2.47. The molecule has 1 atom stereocenters. The predicted octanol–water partition coefficient (Wildman–Crippen LogP) is 1.06. The number of nitrogens with two attached hydrogens (primary N) is 1. The quantitative estimate of drug-likeness (QED) is 0.761. The van der Waals surface area contributed by atoms with E-state index in [1.54, 1.807) is 14.2 Å². The molecule has 0 spiro atoms. The van der Waals surface area contributed by atoms with Gasteiger partial charge in [-0.05, 0) is 24.1 Å². The molecule has 0 aliphatic rings. The first-order valence-corrected chi connectivity index (χ1v) is 5.86. The lowest BCUT2D eigenvalue weighted by Gasteiger charge is -2.14. The zero-order valence-electron chi connectivity index (χ0n) is 11.0. The minimum absolute atomic E-state index is 0.307. The summed E-state index contributed by atoms with van der Waals surface area (Å²) in [7, 11) is 3.18. The van der Waals surface area contributed by atoms with Gasteiger partial charge in [-0.3, -0.25) is 4.79 Å². The second kappa shape index (κ2) is 6.86. The highest BCUT2D eigenvalue weighted by Crippen LogP contribution is 2.27. The summed E-state index contributed by atoms with van der Waals surface area (Å²) < 4.78 is 10.4. The molecule has 0 fully saturated rings. The molecule has 0 heterocycles. The number of primary amides is 1. The summed E-state index contributed by atoms with van der Waals surface area (Å²) in [5.74, 6) is 1.02. The number of methoxy groups -OCH3 is 2. The predicted molar refractivity (Wildman–Crippen MR) is 69.7 cm³/mol. The van der Waals surface area contributed by atoms with Crippen molar-refractivity contribution in [3.63, 3.8) is 0 Å². The number of hydrogen-bond acceptors (Lipinski definition) is 4. The molecule has 0 bridgehead atoms. The molecule has 1 unspecified atom stereocenters. The first kappa shape index (κ1) is 14.3. The Bertz CT molecular complexity index is 407. The second-order valence-electron chi connectivity index (χ2n) is 3.93. The lowest BCUT2D eigenvalue weighted by atomic mass is 10.1. The van der Waals surface area contributed by atoms with Crippen LogP contribution in [-0.2, 0) is 11.3 Å². The maximum Gasteiger partial charge on any atom is 0.234 e. The molecule has 0 aliphatic heterocycles. The van der Waals surface area contributed by atoms with Gasteiger partial charge in [0, 0.05) is 6.54 Å². The van der Waals surface area contributed by atoms with Crippen molar-refractivity contribution in [3.05, 3.63) is 23.8 Å². The molecule has 5 heteroatoms. The van der Waals surface area contributed by atoms with Gasteiger partial charge in [-0.1, -0.05) is 13.0 Å². The summed E-state index contributed by atoms with van der Waals surface area (Å²) >= 11 is 0. The molecule has 1 amide bonds. The molecule has 0 radical (unpaired) electrons. The van der Waals surface area contributed by atoms with Crippen molar-refractivity contribution in [2.45, 2.75) is 25.9 Å². The highest BCUT2D eigenvalue weighted by molar-refractivity contribution is 5.79. The van der Waals surface area contributed by atoms with E-state index in [2.05, 4.69) is 5.32 Å². The number of rotatable bonds is 7. The van der Waals surface area contributed by atoms with Crippen LogP contribution in [0.5, 0.6) is 11.5 Å². The number of nitrogens with one attached hydrogen (secondary N) is 1. The molecule has 1 aromatic rings. The fraction of sp³-hybridized carbons (Fsp3) is 0.462. The number of ether oxygens (including phenoxy) is 2. The zero-order chi connectivity index (χ0) is 13.5. The summed E-state index contributed by atoms with van der Waals surface area (Å²) in [6, 6.07) is 5.32. The topological polar surface area (TPSA) is 73.6 Å². The summed E-state index contributed by atoms with van der Waals surface area (Å²) in [5, 5.41) is 3.10. The first-order valence-electron chi connectivity index (χ1n) is 5.86. The summed E-state index contributed by atoms with van der Waals surface area (Å²) in [6.07, 6.45) is 0.669. The molecule has 5 nitrogen and oxygen atoms in total. The number of hydrogen-bond donors (Lipinski definition) is 2. The molecule has 0 aliphatic carbocycles. The largest absolute Gasteiger partial charge is 0.493 e. The molecule has 0 saturated carbocycles. The molecule has 18 heavy (non-hydrogen) atoms. The summed E-state index contributed by atoms with van der Waals surface area (Å²) in [5.41, 5.74) is 6.27. The van der Waals surface area contributed by atoms with Crippen LogP contribution in [0.2, 0.25) is 0 Å². The van der Waals surface area contributed by atoms with E-state index >= 15 is 0 Å². The van der Waals surface area contributed by atoms with E-state index < -0.39 is 0 Å². The molecule has 0 saturated heterocycles. The molecule has 100 valence electrons. The van der Waals surface area contributed by atoms with Gasteiger partial charge < -0.3 is 20.5 Å². The average molecular weight is 252 g/mol. The SMILES string of the molecule is CCC(NCc1ccc(OC)c(OC)c1)C(N)=O. The van der Waals surface area contributed by atoms with Crippen LogP contribution in [0, 0.1) is 0 Å². The van der Waals surface area contributed by atoms with Crippen LogP contribution >= 0.6 is 0 Å². The van der Waals surface area contributed by atoms with Crippen LogP contribution in [0.3, 0.4) is 0 Å². The number of carbonyl (C=O) groups excluding carboxylic acids is 1. The Morgan fingerprint density at radius 2 is 2.00 bits per heavy atom. The van der Waals surface area contributed by atoms with E-state index in [9.17, 15) is 4.79 Å².